The number of carbonyl (C=O) groups is 2. The van der Waals surface area contributed by atoms with E-state index in [9.17, 15) is 9.59 Å². The number of pyridine rings is 1. The van der Waals surface area contributed by atoms with Crippen molar-refractivity contribution in [3.8, 4) is 0 Å². The standard InChI is InChI=1S/C22H19N3O2S/c26-21(10-9-17-5-2-1-3-6-17)25-19-7-4-8-20(15-19)28-16-22(27)24-18-11-13-23-14-12-18/h1-15H,16H2,(H,25,26)(H,23,24,27)/b10-9+. The molecular weight excluding hydrogens is 370 g/mol. The molecule has 2 amide bonds. The topological polar surface area (TPSA) is 71.1 Å². The second kappa shape index (κ2) is 10.1. The molecule has 0 fully saturated rings. The van der Waals surface area contributed by atoms with Crippen molar-refractivity contribution in [1.29, 1.82) is 0 Å². The lowest BCUT2D eigenvalue weighted by atomic mass is 10.2. The van der Waals surface area contributed by atoms with Crippen molar-refractivity contribution in [2.45, 2.75) is 4.90 Å². The number of thioether (sulfide) groups is 1. The fraction of sp³-hybridized carbons (Fsp3) is 0.0455. The van der Waals surface area contributed by atoms with Gasteiger partial charge in [0.1, 0.15) is 0 Å². The Bertz CT molecular complexity index is 960. The Balaban J connectivity index is 1.51. The highest BCUT2D eigenvalue weighted by Crippen LogP contribution is 2.22. The molecule has 0 aliphatic heterocycles. The molecule has 0 unspecified atom stereocenters. The van der Waals surface area contributed by atoms with Gasteiger partial charge in [-0.25, -0.2) is 0 Å². The number of hydrogen-bond donors (Lipinski definition) is 2. The molecule has 0 spiro atoms. The van der Waals surface area contributed by atoms with E-state index in [1.165, 1.54) is 17.8 Å². The van der Waals surface area contributed by atoms with Crippen LogP contribution in [0.4, 0.5) is 11.4 Å². The molecule has 0 bridgehead atoms. The molecule has 0 aliphatic carbocycles. The summed E-state index contributed by atoms with van der Waals surface area (Å²) in [6, 6.07) is 20.5. The van der Waals surface area contributed by atoms with Gasteiger partial charge in [-0.1, -0.05) is 36.4 Å². The largest absolute Gasteiger partial charge is 0.325 e. The molecular formula is C22H19N3O2S. The third-order valence-electron chi connectivity index (χ3n) is 3.66. The molecule has 0 saturated heterocycles. The third-order valence-corrected chi connectivity index (χ3v) is 4.66. The van der Waals surface area contributed by atoms with Crippen molar-refractivity contribution < 1.29 is 9.59 Å². The Morgan fingerprint density at radius 3 is 2.46 bits per heavy atom. The zero-order chi connectivity index (χ0) is 19.6. The average molecular weight is 389 g/mol. The Kier molecular flexibility index (Phi) is 6.98. The molecule has 140 valence electrons. The van der Waals surface area contributed by atoms with Gasteiger partial charge in [0, 0.05) is 34.7 Å². The molecule has 1 heterocycles. The number of aromatic nitrogens is 1. The number of nitrogens with one attached hydrogen (secondary N) is 2. The Hall–Kier alpha value is -3.38. The van der Waals surface area contributed by atoms with E-state index in [2.05, 4.69) is 15.6 Å². The minimum Gasteiger partial charge on any atom is -0.325 e. The molecule has 0 atom stereocenters. The van der Waals surface area contributed by atoms with Crippen LogP contribution in [0.25, 0.3) is 6.08 Å². The van der Waals surface area contributed by atoms with Gasteiger partial charge in [-0.3, -0.25) is 14.6 Å². The lowest BCUT2D eigenvalue weighted by Gasteiger charge is -2.07. The maximum atomic E-state index is 12.1. The molecule has 0 saturated carbocycles. The van der Waals surface area contributed by atoms with Gasteiger partial charge in [0.05, 0.1) is 5.75 Å². The number of benzene rings is 2. The highest BCUT2D eigenvalue weighted by Gasteiger charge is 2.05. The predicted molar refractivity (Wildman–Crippen MR) is 114 cm³/mol. The highest BCUT2D eigenvalue weighted by atomic mass is 32.2. The lowest BCUT2D eigenvalue weighted by molar-refractivity contribution is -0.114. The SMILES string of the molecule is O=C(/C=C/c1ccccc1)Nc1cccc(SCC(=O)Nc2ccncc2)c1. The molecule has 0 radical (unpaired) electrons. The van der Waals surface area contributed by atoms with Gasteiger partial charge in [0.25, 0.3) is 0 Å². The van der Waals surface area contributed by atoms with Crippen LogP contribution in [0.3, 0.4) is 0 Å². The first-order valence-corrected chi connectivity index (χ1v) is 9.64. The molecule has 28 heavy (non-hydrogen) atoms. The molecule has 1 aromatic heterocycles. The van der Waals surface area contributed by atoms with E-state index < -0.39 is 0 Å². The third kappa shape index (κ3) is 6.41. The quantitative estimate of drug-likeness (QED) is 0.462. The molecule has 2 N–H and O–H groups in total. The number of nitrogens with zero attached hydrogens (tertiary/aromatic N) is 1. The number of carbonyl (C=O) groups excluding carboxylic acids is 2. The number of anilines is 2. The molecule has 0 aliphatic rings. The lowest BCUT2D eigenvalue weighted by Crippen LogP contribution is -2.13. The van der Waals surface area contributed by atoms with Crippen LogP contribution in [-0.4, -0.2) is 22.6 Å². The van der Waals surface area contributed by atoms with Crippen molar-refractivity contribution >= 4 is 41.0 Å². The highest BCUT2D eigenvalue weighted by molar-refractivity contribution is 8.00. The maximum Gasteiger partial charge on any atom is 0.248 e. The summed E-state index contributed by atoms with van der Waals surface area (Å²) in [4.78, 5) is 28.9. The molecule has 3 rings (SSSR count). The van der Waals surface area contributed by atoms with E-state index in [4.69, 9.17) is 0 Å². The fourth-order valence-electron chi connectivity index (χ4n) is 2.36. The molecule has 3 aromatic rings. The van der Waals surface area contributed by atoms with Crippen molar-refractivity contribution in [2.75, 3.05) is 16.4 Å². The number of amides is 2. The van der Waals surface area contributed by atoms with Crippen LogP contribution in [0, 0.1) is 0 Å². The Morgan fingerprint density at radius 2 is 1.68 bits per heavy atom. The summed E-state index contributed by atoms with van der Waals surface area (Å²) in [5.41, 5.74) is 2.36. The van der Waals surface area contributed by atoms with Gasteiger partial charge in [-0.15, -0.1) is 11.8 Å². The summed E-state index contributed by atoms with van der Waals surface area (Å²) in [5.74, 6) is -0.0361. The Labute approximate surface area is 167 Å². The summed E-state index contributed by atoms with van der Waals surface area (Å²) in [6.45, 7) is 0. The van der Waals surface area contributed by atoms with E-state index in [0.29, 0.717) is 11.4 Å². The van der Waals surface area contributed by atoms with Gasteiger partial charge in [-0.2, -0.15) is 0 Å². The first-order chi connectivity index (χ1) is 13.7. The summed E-state index contributed by atoms with van der Waals surface area (Å²) < 4.78 is 0. The number of rotatable bonds is 7. The normalized spacial score (nSPS) is 10.6. The van der Waals surface area contributed by atoms with E-state index >= 15 is 0 Å². The van der Waals surface area contributed by atoms with Crippen molar-refractivity contribution in [1.82, 2.24) is 4.98 Å². The van der Waals surface area contributed by atoms with Crippen molar-refractivity contribution in [3.63, 3.8) is 0 Å². The predicted octanol–water partition coefficient (Wildman–Crippen LogP) is 4.46. The Morgan fingerprint density at radius 1 is 0.893 bits per heavy atom. The van der Waals surface area contributed by atoms with Gasteiger partial charge < -0.3 is 10.6 Å². The number of hydrogen-bond acceptors (Lipinski definition) is 4. The van der Waals surface area contributed by atoms with Gasteiger partial charge in [0.15, 0.2) is 0 Å². The summed E-state index contributed by atoms with van der Waals surface area (Å²) in [7, 11) is 0. The monoisotopic (exact) mass is 389 g/mol. The molecule has 2 aromatic carbocycles. The van der Waals surface area contributed by atoms with Gasteiger partial charge in [-0.05, 0) is 42.0 Å². The smallest absolute Gasteiger partial charge is 0.248 e. The van der Waals surface area contributed by atoms with Crippen LogP contribution in [0.2, 0.25) is 0 Å². The first-order valence-electron chi connectivity index (χ1n) is 8.66. The van der Waals surface area contributed by atoms with Crippen LogP contribution in [0.15, 0.2) is 90.1 Å². The molecule has 5 nitrogen and oxygen atoms in total. The van der Waals surface area contributed by atoms with E-state index in [1.807, 2.05) is 54.6 Å². The fourth-order valence-corrected chi connectivity index (χ4v) is 3.12. The van der Waals surface area contributed by atoms with Crippen molar-refractivity contribution in [3.05, 3.63) is 90.8 Å². The van der Waals surface area contributed by atoms with Crippen LogP contribution in [0.1, 0.15) is 5.56 Å². The average Bonchev–Trinajstić information content (AvgIpc) is 2.73. The maximum absolute atomic E-state index is 12.1. The van der Waals surface area contributed by atoms with Crippen LogP contribution in [-0.2, 0) is 9.59 Å². The minimum absolute atomic E-state index is 0.101. The van der Waals surface area contributed by atoms with Crippen LogP contribution in [0.5, 0.6) is 0 Å². The summed E-state index contributed by atoms with van der Waals surface area (Å²) in [5, 5.41) is 5.65. The molecule has 6 heteroatoms. The summed E-state index contributed by atoms with van der Waals surface area (Å²) in [6.07, 6.45) is 6.51. The van der Waals surface area contributed by atoms with Gasteiger partial charge >= 0.3 is 0 Å². The second-order valence-electron chi connectivity index (χ2n) is 5.83. The van der Waals surface area contributed by atoms with E-state index in [-0.39, 0.29) is 17.6 Å². The minimum atomic E-state index is -0.207. The second-order valence-corrected chi connectivity index (χ2v) is 6.88. The zero-order valence-corrected chi connectivity index (χ0v) is 15.9. The van der Waals surface area contributed by atoms with E-state index in [1.54, 1.807) is 30.6 Å². The van der Waals surface area contributed by atoms with Gasteiger partial charge in [0.2, 0.25) is 11.8 Å². The van der Waals surface area contributed by atoms with Crippen LogP contribution < -0.4 is 10.6 Å². The van der Waals surface area contributed by atoms with E-state index in [0.717, 1.165) is 10.5 Å². The van der Waals surface area contributed by atoms with Crippen LogP contribution >= 0.6 is 11.8 Å². The van der Waals surface area contributed by atoms with Crippen molar-refractivity contribution in [2.24, 2.45) is 0 Å². The zero-order valence-electron chi connectivity index (χ0n) is 15.0. The first kappa shape index (κ1) is 19.4. The summed E-state index contributed by atoms with van der Waals surface area (Å²) >= 11 is 1.40.